The molecule has 0 saturated heterocycles. The molecule has 7 heteroatoms. The van der Waals surface area contributed by atoms with E-state index >= 15 is 0 Å². The second kappa shape index (κ2) is 6.06. The van der Waals surface area contributed by atoms with Gasteiger partial charge in [-0.05, 0) is 35.6 Å². The molecule has 5 rings (SSSR count). The summed E-state index contributed by atoms with van der Waals surface area (Å²) >= 11 is 1.71. The Balaban J connectivity index is 1.39. The first-order valence-corrected chi connectivity index (χ1v) is 9.76. The highest BCUT2D eigenvalue weighted by Crippen LogP contribution is 2.26. The number of thiophene rings is 1. The number of aromatic nitrogens is 1. The maximum Gasteiger partial charge on any atom is 0.277 e. The molecule has 136 valence electrons. The van der Waals surface area contributed by atoms with Gasteiger partial charge in [0.2, 0.25) is 11.8 Å². The van der Waals surface area contributed by atoms with Gasteiger partial charge in [-0.25, -0.2) is 0 Å². The van der Waals surface area contributed by atoms with Gasteiger partial charge in [-0.15, -0.1) is 11.3 Å². The lowest BCUT2D eigenvalue weighted by atomic mass is 10.1. The lowest BCUT2D eigenvalue weighted by molar-refractivity contribution is -0.139. The average Bonchev–Trinajstić information content (AvgIpc) is 3.29. The van der Waals surface area contributed by atoms with Crippen molar-refractivity contribution in [3.63, 3.8) is 0 Å². The normalized spacial score (nSPS) is 16.6. The monoisotopic (exact) mass is 379 g/mol. The fraction of sp³-hybridized carbons (Fsp3) is 0.250. The second-order valence-corrected chi connectivity index (χ2v) is 7.89. The summed E-state index contributed by atoms with van der Waals surface area (Å²) in [6, 6.07) is 11.4. The Morgan fingerprint density at radius 1 is 1.11 bits per heavy atom. The van der Waals surface area contributed by atoms with Gasteiger partial charge in [0.25, 0.3) is 5.91 Å². The van der Waals surface area contributed by atoms with Gasteiger partial charge in [-0.1, -0.05) is 18.2 Å². The van der Waals surface area contributed by atoms with Crippen molar-refractivity contribution in [2.24, 2.45) is 0 Å². The Labute approximate surface area is 159 Å². The van der Waals surface area contributed by atoms with Crippen LogP contribution in [0.3, 0.4) is 0 Å². The number of rotatable bonds is 2. The molecule has 27 heavy (non-hydrogen) atoms. The first kappa shape index (κ1) is 16.3. The van der Waals surface area contributed by atoms with Crippen LogP contribution in [0.4, 0.5) is 0 Å². The molecule has 6 nitrogen and oxygen atoms in total. The second-order valence-electron chi connectivity index (χ2n) is 6.89. The molecule has 3 aromatic rings. The predicted octanol–water partition coefficient (Wildman–Crippen LogP) is 2.27. The average molecular weight is 379 g/mol. The van der Waals surface area contributed by atoms with E-state index in [1.165, 1.54) is 4.88 Å². The number of hydrogen-bond donors (Lipinski definition) is 0. The minimum atomic E-state index is -0.399. The van der Waals surface area contributed by atoms with Crippen LogP contribution in [0.15, 0.2) is 41.8 Å². The van der Waals surface area contributed by atoms with Crippen LogP contribution in [0.1, 0.15) is 20.9 Å². The molecule has 2 aliphatic heterocycles. The number of carbonyl (C=O) groups is 3. The van der Waals surface area contributed by atoms with E-state index in [1.807, 2.05) is 35.7 Å². The molecule has 0 saturated carbocycles. The summed E-state index contributed by atoms with van der Waals surface area (Å²) in [6.07, 6.45) is 0.828. The minimum Gasteiger partial charge on any atom is -0.336 e. The number of benzene rings is 1. The first-order chi connectivity index (χ1) is 13.1. The Morgan fingerprint density at radius 3 is 2.85 bits per heavy atom. The Bertz CT molecular complexity index is 1100. The SMILES string of the molecule is O=C(CN1C(=O)Cn2c(cc3ccccc32)C1=O)N1CCc2sccc2C1. The van der Waals surface area contributed by atoms with E-state index in [0.29, 0.717) is 18.8 Å². The van der Waals surface area contributed by atoms with E-state index in [2.05, 4.69) is 0 Å². The number of amides is 3. The van der Waals surface area contributed by atoms with Gasteiger partial charge in [-0.2, -0.15) is 0 Å². The van der Waals surface area contributed by atoms with Gasteiger partial charge in [0, 0.05) is 28.9 Å². The van der Waals surface area contributed by atoms with Crippen molar-refractivity contribution in [1.29, 1.82) is 0 Å². The zero-order valence-electron chi connectivity index (χ0n) is 14.6. The predicted molar refractivity (Wildman–Crippen MR) is 101 cm³/mol. The molecule has 0 aliphatic carbocycles. The summed E-state index contributed by atoms with van der Waals surface area (Å²) in [5, 5.41) is 2.96. The number of nitrogens with zero attached hydrogens (tertiary/aromatic N) is 3. The standard InChI is InChI=1S/C20H17N3O3S/c24-18(21-7-5-17-14(10-21)6-8-27-17)11-23-19(25)12-22-15-4-2-1-3-13(15)9-16(22)20(23)26/h1-4,6,8-9H,5,7,10-12H2. The summed E-state index contributed by atoms with van der Waals surface area (Å²) in [6.45, 7) is 1.06. The third kappa shape index (κ3) is 2.57. The zero-order chi connectivity index (χ0) is 18.5. The highest BCUT2D eigenvalue weighted by Gasteiger charge is 2.35. The van der Waals surface area contributed by atoms with Gasteiger partial charge < -0.3 is 9.47 Å². The zero-order valence-corrected chi connectivity index (χ0v) is 15.4. The van der Waals surface area contributed by atoms with Crippen molar-refractivity contribution < 1.29 is 14.4 Å². The summed E-state index contributed by atoms with van der Waals surface area (Å²) in [4.78, 5) is 42.4. The fourth-order valence-corrected chi connectivity index (χ4v) is 4.78. The van der Waals surface area contributed by atoms with E-state index in [9.17, 15) is 14.4 Å². The third-order valence-electron chi connectivity index (χ3n) is 5.32. The lowest BCUT2D eigenvalue weighted by Crippen LogP contribution is -2.50. The van der Waals surface area contributed by atoms with Crippen LogP contribution in [0, 0.1) is 0 Å². The van der Waals surface area contributed by atoms with Gasteiger partial charge >= 0.3 is 0 Å². The summed E-state index contributed by atoms with van der Waals surface area (Å²) < 4.78 is 1.74. The number of hydrogen-bond acceptors (Lipinski definition) is 4. The van der Waals surface area contributed by atoms with Gasteiger partial charge in [0.05, 0.1) is 0 Å². The van der Waals surface area contributed by atoms with Crippen LogP contribution in [-0.2, 0) is 29.1 Å². The molecule has 0 atom stereocenters. The quantitative estimate of drug-likeness (QED) is 0.642. The van der Waals surface area contributed by atoms with E-state index in [0.717, 1.165) is 27.8 Å². The maximum absolute atomic E-state index is 12.9. The topological polar surface area (TPSA) is 62.6 Å². The molecule has 0 spiro atoms. The largest absolute Gasteiger partial charge is 0.336 e. The number of imide groups is 1. The van der Waals surface area contributed by atoms with Crippen molar-refractivity contribution in [1.82, 2.24) is 14.4 Å². The van der Waals surface area contributed by atoms with Crippen LogP contribution in [0.25, 0.3) is 10.9 Å². The number of fused-ring (bicyclic) bond motifs is 4. The Hall–Kier alpha value is -2.93. The number of para-hydroxylation sites is 1. The first-order valence-electron chi connectivity index (χ1n) is 8.88. The van der Waals surface area contributed by atoms with E-state index in [1.54, 1.807) is 26.9 Å². The van der Waals surface area contributed by atoms with Crippen molar-refractivity contribution in [2.75, 3.05) is 13.1 Å². The molecule has 4 heterocycles. The van der Waals surface area contributed by atoms with Crippen molar-refractivity contribution in [3.05, 3.63) is 57.9 Å². The van der Waals surface area contributed by atoms with Gasteiger partial charge in [0.15, 0.2) is 0 Å². The fourth-order valence-electron chi connectivity index (χ4n) is 3.89. The molecular weight excluding hydrogens is 362 g/mol. The maximum atomic E-state index is 12.9. The van der Waals surface area contributed by atoms with Crippen molar-refractivity contribution in [2.45, 2.75) is 19.5 Å². The van der Waals surface area contributed by atoms with Crippen molar-refractivity contribution in [3.8, 4) is 0 Å². The smallest absolute Gasteiger partial charge is 0.277 e. The van der Waals surface area contributed by atoms with Crippen LogP contribution < -0.4 is 0 Å². The highest BCUT2D eigenvalue weighted by molar-refractivity contribution is 7.10. The van der Waals surface area contributed by atoms with E-state index in [4.69, 9.17) is 0 Å². The van der Waals surface area contributed by atoms with E-state index in [-0.39, 0.29) is 24.9 Å². The molecule has 0 N–H and O–H groups in total. The summed E-state index contributed by atoms with van der Waals surface area (Å²) in [5.41, 5.74) is 2.49. The van der Waals surface area contributed by atoms with Crippen molar-refractivity contribution >= 4 is 40.0 Å². The van der Waals surface area contributed by atoms with Crippen LogP contribution in [0.2, 0.25) is 0 Å². The molecular formula is C20H17N3O3S. The van der Waals surface area contributed by atoms with E-state index < -0.39 is 5.91 Å². The highest BCUT2D eigenvalue weighted by atomic mass is 32.1. The van der Waals surface area contributed by atoms with Gasteiger partial charge in [-0.3, -0.25) is 19.3 Å². The Morgan fingerprint density at radius 2 is 1.96 bits per heavy atom. The number of carbonyl (C=O) groups excluding carboxylic acids is 3. The molecule has 0 fully saturated rings. The lowest BCUT2D eigenvalue weighted by Gasteiger charge is -2.31. The van der Waals surface area contributed by atoms with Crippen LogP contribution in [0.5, 0.6) is 0 Å². The minimum absolute atomic E-state index is 0.0799. The summed E-state index contributed by atoms with van der Waals surface area (Å²) in [7, 11) is 0. The summed E-state index contributed by atoms with van der Waals surface area (Å²) in [5.74, 6) is -0.919. The van der Waals surface area contributed by atoms with Gasteiger partial charge in [0.1, 0.15) is 18.8 Å². The molecule has 2 aliphatic rings. The van der Waals surface area contributed by atoms with Crippen LogP contribution in [-0.4, -0.2) is 45.2 Å². The third-order valence-corrected chi connectivity index (χ3v) is 6.35. The Kier molecular flexibility index (Phi) is 3.65. The molecule has 0 radical (unpaired) electrons. The molecule has 2 aromatic heterocycles. The van der Waals surface area contributed by atoms with Crippen LogP contribution >= 0.6 is 11.3 Å². The molecule has 0 unspecified atom stereocenters. The molecule has 0 bridgehead atoms. The molecule has 3 amide bonds. The molecule has 1 aromatic carbocycles.